The molecule has 4 aromatic rings. The van der Waals surface area contributed by atoms with Crippen molar-refractivity contribution >= 4 is 38.6 Å². The van der Waals surface area contributed by atoms with E-state index in [1.807, 2.05) is 55.5 Å². The first-order chi connectivity index (χ1) is 15.8. The Kier molecular flexibility index (Phi) is 6.47. The van der Waals surface area contributed by atoms with Gasteiger partial charge in [0.1, 0.15) is 5.75 Å². The van der Waals surface area contributed by atoms with Crippen LogP contribution < -0.4 is 0 Å². The number of carbonyl (C=O) groups excluding carboxylic acids is 1. The molecule has 0 saturated heterocycles. The molecule has 0 amide bonds. The van der Waals surface area contributed by atoms with Crippen molar-refractivity contribution in [1.29, 1.82) is 0 Å². The standard InChI is InChI=1S/C27H21BrO5/c1-16(15-33-27(32)19-9-5-8-18(12-19)26(30)31)22-14-24(29)23-13-20(28)10-11-21(23)25(22)17-6-3-2-4-7-17/h2-14,16,29H,15H2,1H3,(H,30,31). The van der Waals surface area contributed by atoms with Crippen LogP contribution in [0.25, 0.3) is 21.9 Å². The largest absolute Gasteiger partial charge is 0.507 e. The Balaban J connectivity index is 1.69. The number of halogens is 1. The van der Waals surface area contributed by atoms with Gasteiger partial charge in [0.25, 0.3) is 0 Å². The zero-order valence-corrected chi connectivity index (χ0v) is 19.4. The Bertz CT molecular complexity index is 1350. The molecular weight excluding hydrogens is 484 g/mol. The number of esters is 1. The van der Waals surface area contributed by atoms with E-state index in [1.165, 1.54) is 24.3 Å². The molecule has 1 unspecified atom stereocenters. The van der Waals surface area contributed by atoms with Gasteiger partial charge in [-0.15, -0.1) is 0 Å². The van der Waals surface area contributed by atoms with Crippen LogP contribution in [0.15, 0.2) is 83.3 Å². The number of fused-ring (bicyclic) bond motifs is 1. The lowest BCUT2D eigenvalue weighted by molar-refractivity contribution is 0.0485. The second-order valence-corrected chi connectivity index (χ2v) is 8.72. The van der Waals surface area contributed by atoms with Crippen LogP contribution >= 0.6 is 15.9 Å². The first kappa shape index (κ1) is 22.6. The Morgan fingerprint density at radius 2 is 1.64 bits per heavy atom. The summed E-state index contributed by atoms with van der Waals surface area (Å²) in [6.07, 6.45) is 0. The first-order valence-corrected chi connectivity index (χ1v) is 11.2. The van der Waals surface area contributed by atoms with Crippen LogP contribution in [0.5, 0.6) is 5.75 Å². The smallest absolute Gasteiger partial charge is 0.338 e. The number of carboxylic acid groups (broad SMARTS) is 1. The van der Waals surface area contributed by atoms with Gasteiger partial charge in [0.15, 0.2) is 0 Å². The molecule has 0 saturated carbocycles. The third-order valence-corrected chi connectivity index (χ3v) is 6.00. The molecule has 6 heteroatoms. The molecule has 5 nitrogen and oxygen atoms in total. The van der Waals surface area contributed by atoms with Crippen LogP contribution in [0.4, 0.5) is 0 Å². The van der Waals surface area contributed by atoms with Crippen molar-refractivity contribution in [2.24, 2.45) is 0 Å². The number of carbonyl (C=O) groups is 2. The SMILES string of the molecule is CC(COC(=O)c1cccc(C(=O)O)c1)c1cc(O)c2cc(Br)ccc2c1-c1ccccc1. The van der Waals surface area contributed by atoms with Crippen molar-refractivity contribution in [1.82, 2.24) is 0 Å². The first-order valence-electron chi connectivity index (χ1n) is 10.4. The third-order valence-electron chi connectivity index (χ3n) is 5.51. The van der Waals surface area contributed by atoms with Gasteiger partial charge in [-0.2, -0.15) is 0 Å². The van der Waals surface area contributed by atoms with Crippen molar-refractivity contribution in [3.63, 3.8) is 0 Å². The summed E-state index contributed by atoms with van der Waals surface area (Å²) < 4.78 is 6.38. The molecule has 0 aliphatic carbocycles. The van der Waals surface area contributed by atoms with E-state index < -0.39 is 11.9 Å². The zero-order chi connectivity index (χ0) is 23.5. The number of hydrogen-bond acceptors (Lipinski definition) is 4. The van der Waals surface area contributed by atoms with E-state index >= 15 is 0 Å². The Hall–Kier alpha value is -3.64. The summed E-state index contributed by atoms with van der Waals surface area (Å²) in [6, 6.07) is 23.1. The lowest BCUT2D eigenvalue weighted by atomic mass is 9.87. The molecule has 1 atom stereocenters. The Labute approximate surface area is 199 Å². The molecule has 0 spiro atoms. The van der Waals surface area contributed by atoms with Crippen LogP contribution in [0.3, 0.4) is 0 Å². The minimum Gasteiger partial charge on any atom is -0.507 e. The normalized spacial score (nSPS) is 11.8. The van der Waals surface area contributed by atoms with Gasteiger partial charge < -0.3 is 14.9 Å². The number of rotatable bonds is 6. The predicted molar refractivity (Wildman–Crippen MR) is 131 cm³/mol. The highest BCUT2D eigenvalue weighted by Crippen LogP contribution is 2.41. The number of phenols is 1. The fourth-order valence-corrected chi connectivity index (χ4v) is 4.23. The molecule has 0 aliphatic heterocycles. The number of ether oxygens (including phenoxy) is 1. The van der Waals surface area contributed by atoms with Crippen LogP contribution in [0.2, 0.25) is 0 Å². The summed E-state index contributed by atoms with van der Waals surface area (Å²) in [6.45, 7) is 1.99. The van der Waals surface area contributed by atoms with E-state index in [0.717, 1.165) is 31.9 Å². The summed E-state index contributed by atoms with van der Waals surface area (Å²) in [5.41, 5.74) is 3.01. The molecule has 0 aliphatic rings. The molecule has 33 heavy (non-hydrogen) atoms. The second kappa shape index (κ2) is 9.46. The van der Waals surface area contributed by atoms with Crippen LogP contribution in [-0.2, 0) is 4.74 Å². The quantitative estimate of drug-likeness (QED) is 0.287. The van der Waals surface area contributed by atoms with Gasteiger partial charge in [-0.3, -0.25) is 0 Å². The number of phenolic OH excluding ortho intramolecular Hbond substituents is 1. The Morgan fingerprint density at radius 3 is 2.36 bits per heavy atom. The van der Waals surface area contributed by atoms with E-state index in [2.05, 4.69) is 15.9 Å². The summed E-state index contributed by atoms with van der Waals surface area (Å²) in [5.74, 6) is -1.79. The van der Waals surface area contributed by atoms with E-state index in [9.17, 15) is 14.7 Å². The molecule has 0 bridgehead atoms. The lowest BCUT2D eigenvalue weighted by Gasteiger charge is -2.20. The van der Waals surface area contributed by atoms with Crippen molar-refractivity contribution in [2.45, 2.75) is 12.8 Å². The highest BCUT2D eigenvalue weighted by atomic mass is 79.9. The maximum atomic E-state index is 12.6. The number of carboxylic acids is 1. The van der Waals surface area contributed by atoms with Crippen LogP contribution in [-0.4, -0.2) is 28.8 Å². The molecule has 0 radical (unpaired) electrons. The Morgan fingerprint density at radius 1 is 0.909 bits per heavy atom. The highest BCUT2D eigenvalue weighted by Gasteiger charge is 2.20. The van der Waals surface area contributed by atoms with Crippen molar-refractivity contribution in [2.75, 3.05) is 6.61 Å². The maximum Gasteiger partial charge on any atom is 0.338 e. The fourth-order valence-electron chi connectivity index (χ4n) is 3.87. The fraction of sp³-hybridized carbons (Fsp3) is 0.111. The summed E-state index contributed by atoms with van der Waals surface area (Å²) in [4.78, 5) is 23.7. The highest BCUT2D eigenvalue weighted by molar-refractivity contribution is 9.10. The van der Waals surface area contributed by atoms with Gasteiger partial charge >= 0.3 is 11.9 Å². The zero-order valence-electron chi connectivity index (χ0n) is 17.8. The maximum absolute atomic E-state index is 12.6. The van der Waals surface area contributed by atoms with E-state index in [0.29, 0.717) is 0 Å². The second-order valence-electron chi connectivity index (χ2n) is 7.80. The minimum absolute atomic E-state index is 0.0227. The number of aromatic carboxylic acids is 1. The van der Waals surface area contributed by atoms with E-state index in [4.69, 9.17) is 9.84 Å². The average molecular weight is 505 g/mol. The van der Waals surface area contributed by atoms with Crippen LogP contribution in [0.1, 0.15) is 39.1 Å². The van der Waals surface area contributed by atoms with Crippen molar-refractivity contribution in [3.8, 4) is 16.9 Å². The monoisotopic (exact) mass is 504 g/mol. The molecule has 2 N–H and O–H groups in total. The molecule has 0 heterocycles. The topological polar surface area (TPSA) is 83.8 Å². The number of benzene rings is 4. The van der Waals surface area contributed by atoms with E-state index in [1.54, 1.807) is 6.07 Å². The van der Waals surface area contributed by atoms with Crippen molar-refractivity contribution in [3.05, 3.63) is 100 Å². The van der Waals surface area contributed by atoms with Gasteiger partial charge in [-0.25, -0.2) is 9.59 Å². The molecule has 0 fully saturated rings. The molecule has 166 valence electrons. The molecular formula is C27H21BrO5. The van der Waals surface area contributed by atoms with Crippen molar-refractivity contribution < 1.29 is 24.5 Å². The van der Waals surface area contributed by atoms with Gasteiger partial charge in [-0.1, -0.05) is 65.3 Å². The summed E-state index contributed by atoms with van der Waals surface area (Å²) >= 11 is 3.47. The predicted octanol–water partition coefficient (Wildman–Crippen LogP) is 6.63. The summed E-state index contributed by atoms with van der Waals surface area (Å²) in [7, 11) is 0. The average Bonchev–Trinajstić information content (AvgIpc) is 2.83. The summed E-state index contributed by atoms with van der Waals surface area (Å²) in [5, 5.41) is 21.5. The van der Waals surface area contributed by atoms with Gasteiger partial charge in [0.05, 0.1) is 17.7 Å². The van der Waals surface area contributed by atoms with Gasteiger partial charge in [0.2, 0.25) is 0 Å². The van der Waals surface area contributed by atoms with Crippen LogP contribution in [0, 0.1) is 0 Å². The third kappa shape index (κ3) is 4.76. The molecule has 4 aromatic carbocycles. The number of aromatic hydroxyl groups is 1. The van der Waals surface area contributed by atoms with Gasteiger partial charge in [-0.05, 0) is 58.5 Å². The molecule has 0 aromatic heterocycles. The molecule has 4 rings (SSSR count). The van der Waals surface area contributed by atoms with E-state index in [-0.39, 0.29) is 29.4 Å². The number of hydrogen-bond donors (Lipinski definition) is 2. The minimum atomic E-state index is -1.11. The van der Waals surface area contributed by atoms with Gasteiger partial charge in [0, 0.05) is 15.8 Å². The lowest BCUT2D eigenvalue weighted by Crippen LogP contribution is -2.12.